The lowest BCUT2D eigenvalue weighted by Gasteiger charge is -2.19. The lowest BCUT2D eigenvalue weighted by Crippen LogP contribution is -2.18. The monoisotopic (exact) mass is 228 g/mol. The molecule has 0 aliphatic rings. The summed E-state index contributed by atoms with van der Waals surface area (Å²) in [6.07, 6.45) is 6.23. The molecule has 1 heterocycles. The van der Waals surface area contributed by atoms with Gasteiger partial charge in [0, 0.05) is 12.4 Å². The largest absolute Gasteiger partial charge is 0.319 e. The van der Waals surface area contributed by atoms with E-state index >= 15 is 0 Å². The molecule has 0 aliphatic heterocycles. The Morgan fingerprint density at radius 1 is 1.06 bits per heavy atom. The van der Waals surface area contributed by atoms with Gasteiger partial charge in [-0.1, -0.05) is 38.1 Å². The molecule has 0 radical (unpaired) electrons. The zero-order chi connectivity index (χ0) is 12.1. The Kier molecular flexibility index (Phi) is 3.86. The predicted octanol–water partition coefficient (Wildman–Crippen LogP) is 3.75. The normalized spacial score (nSPS) is 12.4. The summed E-state index contributed by atoms with van der Waals surface area (Å²) in [5.74, 6) is 0. The molecule has 1 N–H and O–H groups in total. The molecule has 2 aromatic rings. The van der Waals surface area contributed by atoms with Crippen LogP contribution in [-0.4, -0.2) is 4.68 Å². The highest BCUT2D eigenvalue weighted by Gasteiger charge is 2.08. The van der Waals surface area contributed by atoms with Crippen LogP contribution in [0.2, 0.25) is 0 Å². The van der Waals surface area contributed by atoms with Gasteiger partial charge < -0.3 is 5.43 Å². The number of nitrogens with one attached hydrogen (secondary N) is 1. The Bertz CT molecular complexity index is 428. The zero-order valence-corrected chi connectivity index (χ0v) is 10.6. The van der Waals surface area contributed by atoms with Crippen LogP contribution in [0.15, 0.2) is 48.8 Å². The summed E-state index contributed by atoms with van der Waals surface area (Å²) in [5, 5.41) is 0. The van der Waals surface area contributed by atoms with Gasteiger partial charge >= 0.3 is 0 Å². The first kappa shape index (κ1) is 11.8. The van der Waals surface area contributed by atoms with Crippen LogP contribution in [0.3, 0.4) is 0 Å². The molecule has 2 nitrogen and oxygen atoms in total. The van der Waals surface area contributed by atoms with Crippen molar-refractivity contribution in [1.82, 2.24) is 4.68 Å². The second kappa shape index (κ2) is 5.58. The number of hydrogen-bond acceptors (Lipinski definition) is 1. The smallest absolute Gasteiger partial charge is 0.0671 e. The van der Waals surface area contributed by atoms with Crippen molar-refractivity contribution in [2.75, 3.05) is 5.43 Å². The molecule has 17 heavy (non-hydrogen) atoms. The third-order valence-electron chi connectivity index (χ3n) is 3.11. The van der Waals surface area contributed by atoms with E-state index in [1.54, 1.807) is 0 Å². The van der Waals surface area contributed by atoms with Crippen LogP contribution in [0.5, 0.6) is 0 Å². The van der Waals surface area contributed by atoms with Crippen LogP contribution < -0.4 is 5.43 Å². The minimum atomic E-state index is 0.369. The van der Waals surface area contributed by atoms with E-state index in [1.807, 2.05) is 29.2 Å². The quantitative estimate of drug-likeness (QED) is 0.824. The maximum atomic E-state index is 3.48. The minimum absolute atomic E-state index is 0.369. The summed E-state index contributed by atoms with van der Waals surface area (Å²) in [7, 11) is 0. The Labute approximate surface area is 103 Å². The fraction of sp³-hybridized carbons (Fsp3) is 0.333. The van der Waals surface area contributed by atoms with E-state index in [9.17, 15) is 0 Å². The van der Waals surface area contributed by atoms with Crippen molar-refractivity contribution < 1.29 is 0 Å². The van der Waals surface area contributed by atoms with Crippen molar-refractivity contribution in [3.63, 3.8) is 0 Å². The second-order valence-corrected chi connectivity index (χ2v) is 4.28. The fourth-order valence-corrected chi connectivity index (χ4v) is 1.99. The number of benzene rings is 1. The number of aromatic nitrogens is 1. The molecular weight excluding hydrogens is 208 g/mol. The maximum Gasteiger partial charge on any atom is 0.0671 e. The van der Waals surface area contributed by atoms with Crippen molar-refractivity contribution in [3.05, 3.63) is 59.9 Å². The first-order valence-electron chi connectivity index (χ1n) is 6.31. The average Bonchev–Trinajstić information content (AvgIpc) is 2.89. The number of rotatable bonds is 5. The number of aryl methyl sites for hydroxylation is 1. The fourth-order valence-electron chi connectivity index (χ4n) is 1.99. The highest BCUT2D eigenvalue weighted by atomic mass is 15.4. The molecule has 1 aromatic carbocycles. The van der Waals surface area contributed by atoms with Gasteiger partial charge in [0.05, 0.1) is 6.04 Å². The van der Waals surface area contributed by atoms with Gasteiger partial charge in [-0.05, 0) is 36.1 Å². The summed E-state index contributed by atoms with van der Waals surface area (Å²) in [6, 6.07) is 13.3. The van der Waals surface area contributed by atoms with E-state index in [4.69, 9.17) is 0 Å². The summed E-state index contributed by atoms with van der Waals surface area (Å²) in [4.78, 5) is 0. The minimum Gasteiger partial charge on any atom is -0.319 e. The highest BCUT2D eigenvalue weighted by Crippen LogP contribution is 2.18. The molecule has 90 valence electrons. The molecule has 0 saturated carbocycles. The third-order valence-corrected chi connectivity index (χ3v) is 3.11. The molecule has 0 aliphatic carbocycles. The van der Waals surface area contributed by atoms with E-state index in [1.165, 1.54) is 11.1 Å². The Balaban J connectivity index is 2.11. The first-order chi connectivity index (χ1) is 8.33. The van der Waals surface area contributed by atoms with Gasteiger partial charge in [0.1, 0.15) is 0 Å². The van der Waals surface area contributed by atoms with Gasteiger partial charge in [0.25, 0.3) is 0 Å². The molecule has 0 saturated heterocycles. The van der Waals surface area contributed by atoms with Crippen molar-refractivity contribution in [1.29, 1.82) is 0 Å². The Hall–Kier alpha value is -1.70. The van der Waals surface area contributed by atoms with Crippen LogP contribution in [0, 0.1) is 0 Å². The standard InChI is InChI=1S/C15H20N2/c1-3-13-7-9-14(10-8-13)15(4-2)16-17-11-5-6-12-17/h5-12,15-16H,3-4H2,1-2H3. The molecule has 1 atom stereocenters. The van der Waals surface area contributed by atoms with Crippen molar-refractivity contribution in [2.24, 2.45) is 0 Å². The van der Waals surface area contributed by atoms with Crippen LogP contribution in [-0.2, 0) is 6.42 Å². The summed E-state index contributed by atoms with van der Waals surface area (Å²) in [5.41, 5.74) is 6.22. The molecule has 2 rings (SSSR count). The van der Waals surface area contributed by atoms with Crippen molar-refractivity contribution in [3.8, 4) is 0 Å². The lowest BCUT2D eigenvalue weighted by molar-refractivity contribution is 0.653. The van der Waals surface area contributed by atoms with E-state index in [0.29, 0.717) is 6.04 Å². The van der Waals surface area contributed by atoms with Crippen LogP contribution in [0.25, 0.3) is 0 Å². The summed E-state index contributed by atoms with van der Waals surface area (Å²) >= 11 is 0. The maximum absolute atomic E-state index is 3.48. The average molecular weight is 228 g/mol. The molecule has 2 heteroatoms. The molecule has 0 fully saturated rings. The van der Waals surface area contributed by atoms with Gasteiger partial charge in [-0.25, -0.2) is 0 Å². The van der Waals surface area contributed by atoms with E-state index in [0.717, 1.165) is 12.8 Å². The van der Waals surface area contributed by atoms with Crippen molar-refractivity contribution >= 4 is 0 Å². The Morgan fingerprint density at radius 2 is 1.71 bits per heavy atom. The Morgan fingerprint density at radius 3 is 2.24 bits per heavy atom. The molecule has 0 bridgehead atoms. The van der Waals surface area contributed by atoms with Gasteiger partial charge in [0.2, 0.25) is 0 Å². The molecule has 1 unspecified atom stereocenters. The van der Waals surface area contributed by atoms with Gasteiger partial charge in [-0.3, -0.25) is 4.68 Å². The van der Waals surface area contributed by atoms with E-state index in [-0.39, 0.29) is 0 Å². The van der Waals surface area contributed by atoms with Crippen LogP contribution in [0.1, 0.15) is 37.4 Å². The van der Waals surface area contributed by atoms with Gasteiger partial charge in [0.15, 0.2) is 0 Å². The number of nitrogens with zero attached hydrogens (tertiary/aromatic N) is 1. The van der Waals surface area contributed by atoms with Gasteiger partial charge in [-0.15, -0.1) is 0 Å². The molecular formula is C15H20N2. The lowest BCUT2D eigenvalue weighted by atomic mass is 10.0. The van der Waals surface area contributed by atoms with Crippen LogP contribution in [0.4, 0.5) is 0 Å². The summed E-state index contributed by atoms with van der Waals surface area (Å²) in [6.45, 7) is 4.39. The molecule has 0 amide bonds. The first-order valence-corrected chi connectivity index (χ1v) is 6.31. The van der Waals surface area contributed by atoms with Crippen LogP contribution >= 0.6 is 0 Å². The predicted molar refractivity (Wildman–Crippen MR) is 72.6 cm³/mol. The SMILES string of the molecule is CCc1ccc(C(CC)Nn2cccc2)cc1. The van der Waals surface area contributed by atoms with Crippen molar-refractivity contribution in [2.45, 2.75) is 32.7 Å². The molecule has 1 aromatic heterocycles. The number of hydrogen-bond donors (Lipinski definition) is 1. The van der Waals surface area contributed by atoms with E-state index in [2.05, 4.69) is 43.5 Å². The topological polar surface area (TPSA) is 17.0 Å². The highest BCUT2D eigenvalue weighted by molar-refractivity contribution is 5.26. The zero-order valence-electron chi connectivity index (χ0n) is 10.6. The summed E-state index contributed by atoms with van der Waals surface area (Å²) < 4.78 is 2.02. The second-order valence-electron chi connectivity index (χ2n) is 4.28. The van der Waals surface area contributed by atoms with Gasteiger partial charge in [-0.2, -0.15) is 0 Å². The van der Waals surface area contributed by atoms with E-state index < -0.39 is 0 Å². The third kappa shape index (κ3) is 2.90. The molecule has 0 spiro atoms.